The number of nitrogens with zero attached hydrogens (tertiary/aromatic N) is 3. The second-order valence-electron chi connectivity index (χ2n) is 4.86. The molecule has 4 heteroatoms. The lowest BCUT2D eigenvalue weighted by Gasteiger charge is -2.22. The fourth-order valence-electron chi connectivity index (χ4n) is 2.58. The number of amidine groups is 1. The summed E-state index contributed by atoms with van der Waals surface area (Å²) < 4.78 is 0. The lowest BCUT2D eigenvalue weighted by atomic mass is 10.1. The molecule has 0 saturated carbocycles. The van der Waals surface area contributed by atoms with E-state index in [0.717, 1.165) is 28.2 Å². The van der Waals surface area contributed by atoms with Gasteiger partial charge in [0.2, 0.25) is 0 Å². The Balaban J connectivity index is 1.97. The van der Waals surface area contributed by atoms with Gasteiger partial charge in [0.05, 0.1) is 12.2 Å². The van der Waals surface area contributed by atoms with Gasteiger partial charge in [-0.1, -0.05) is 18.2 Å². The Morgan fingerprint density at radius 3 is 3.00 bits per heavy atom. The number of carbonyl (C=O) groups is 1. The average molecular weight is 249 g/mol. The summed E-state index contributed by atoms with van der Waals surface area (Å²) in [4.78, 5) is 22.9. The maximum absolute atomic E-state index is 12.3. The van der Waals surface area contributed by atoms with Gasteiger partial charge in [-0.05, 0) is 30.2 Å². The molecule has 4 rings (SSSR count). The zero-order valence-corrected chi connectivity index (χ0v) is 10.4. The number of benzene rings is 1. The molecule has 1 amide bonds. The van der Waals surface area contributed by atoms with E-state index in [2.05, 4.69) is 9.98 Å². The van der Waals surface area contributed by atoms with E-state index in [1.165, 1.54) is 0 Å². The Labute approximate surface area is 110 Å². The monoisotopic (exact) mass is 249 g/mol. The van der Waals surface area contributed by atoms with Gasteiger partial charge < -0.3 is 0 Å². The molecule has 0 saturated heterocycles. The number of hydrogen-bond donors (Lipinski definition) is 0. The number of para-hydroxylation sites is 1. The molecule has 92 valence electrons. The molecule has 2 aliphatic heterocycles. The molecule has 2 aliphatic rings. The summed E-state index contributed by atoms with van der Waals surface area (Å²) in [7, 11) is 0. The van der Waals surface area contributed by atoms with Gasteiger partial charge in [-0.25, -0.2) is 4.99 Å². The molecule has 4 nitrogen and oxygen atoms in total. The Bertz CT molecular complexity index is 749. The summed E-state index contributed by atoms with van der Waals surface area (Å²) in [5, 5.41) is 0. The average Bonchev–Trinajstić information content (AvgIpc) is 2.69. The summed E-state index contributed by atoms with van der Waals surface area (Å²) in [6.45, 7) is 2.54. The van der Waals surface area contributed by atoms with Crippen LogP contribution in [0.25, 0.3) is 0 Å². The van der Waals surface area contributed by atoms with Crippen LogP contribution >= 0.6 is 0 Å². The number of carbonyl (C=O) groups excluding carboxylic acids is 1. The van der Waals surface area contributed by atoms with Crippen molar-refractivity contribution in [1.82, 2.24) is 9.88 Å². The SMILES string of the molecule is Cc1cnc2c(c1)C1=Nc3ccccc3CN1C2=O. The molecular weight excluding hydrogens is 238 g/mol. The van der Waals surface area contributed by atoms with Crippen LogP contribution in [0.2, 0.25) is 0 Å². The third kappa shape index (κ3) is 1.37. The minimum atomic E-state index is -0.0525. The van der Waals surface area contributed by atoms with E-state index in [-0.39, 0.29) is 5.91 Å². The topological polar surface area (TPSA) is 45.6 Å². The van der Waals surface area contributed by atoms with Crippen molar-refractivity contribution in [3.8, 4) is 0 Å². The van der Waals surface area contributed by atoms with Crippen LogP contribution in [0.1, 0.15) is 27.2 Å². The molecule has 0 fully saturated rings. The largest absolute Gasteiger partial charge is 0.286 e. The first-order valence-corrected chi connectivity index (χ1v) is 6.19. The Kier molecular flexibility index (Phi) is 1.93. The molecule has 1 aromatic heterocycles. The number of aryl methyl sites for hydroxylation is 1. The van der Waals surface area contributed by atoms with Crippen molar-refractivity contribution < 1.29 is 4.79 Å². The van der Waals surface area contributed by atoms with E-state index < -0.39 is 0 Å². The van der Waals surface area contributed by atoms with Crippen molar-refractivity contribution in [1.29, 1.82) is 0 Å². The minimum Gasteiger partial charge on any atom is -0.286 e. The first-order chi connectivity index (χ1) is 9.24. The summed E-state index contributed by atoms with van der Waals surface area (Å²) >= 11 is 0. The molecule has 1 aromatic carbocycles. The van der Waals surface area contributed by atoms with Crippen molar-refractivity contribution in [3.63, 3.8) is 0 Å². The van der Waals surface area contributed by atoms with E-state index in [1.54, 1.807) is 11.1 Å². The molecule has 2 aromatic rings. The van der Waals surface area contributed by atoms with Crippen molar-refractivity contribution in [2.45, 2.75) is 13.5 Å². The number of aliphatic imine (C=N–C) groups is 1. The molecule has 0 bridgehead atoms. The number of hydrogen-bond acceptors (Lipinski definition) is 3. The normalized spacial score (nSPS) is 15.7. The lowest BCUT2D eigenvalue weighted by molar-refractivity contribution is 0.0847. The molecule has 0 spiro atoms. The van der Waals surface area contributed by atoms with Crippen LogP contribution in [0.5, 0.6) is 0 Å². The highest BCUT2D eigenvalue weighted by molar-refractivity contribution is 6.23. The predicted molar refractivity (Wildman–Crippen MR) is 71.5 cm³/mol. The molecule has 3 heterocycles. The number of aromatic nitrogens is 1. The highest BCUT2D eigenvalue weighted by Gasteiger charge is 2.37. The highest BCUT2D eigenvalue weighted by Crippen LogP contribution is 2.33. The van der Waals surface area contributed by atoms with Gasteiger partial charge in [-0.2, -0.15) is 0 Å². The molecule has 0 aliphatic carbocycles. The molecular formula is C15H11N3O. The zero-order valence-electron chi connectivity index (χ0n) is 10.4. The number of rotatable bonds is 0. The summed E-state index contributed by atoms with van der Waals surface area (Å²) in [6, 6.07) is 9.89. The number of fused-ring (bicyclic) bond motifs is 4. The summed E-state index contributed by atoms with van der Waals surface area (Å²) in [5.41, 5.74) is 4.41. The van der Waals surface area contributed by atoms with Crippen LogP contribution < -0.4 is 0 Å². The van der Waals surface area contributed by atoms with Gasteiger partial charge in [0.25, 0.3) is 5.91 Å². The van der Waals surface area contributed by atoms with Gasteiger partial charge in [0.15, 0.2) is 0 Å². The van der Waals surface area contributed by atoms with E-state index in [9.17, 15) is 4.79 Å². The first-order valence-electron chi connectivity index (χ1n) is 6.19. The molecule has 0 unspecified atom stereocenters. The van der Waals surface area contributed by atoms with Gasteiger partial charge in [0.1, 0.15) is 11.5 Å². The van der Waals surface area contributed by atoms with E-state index in [4.69, 9.17) is 0 Å². The second-order valence-corrected chi connectivity index (χ2v) is 4.86. The van der Waals surface area contributed by atoms with Crippen molar-refractivity contribution >= 4 is 17.4 Å². The minimum absolute atomic E-state index is 0.0525. The van der Waals surface area contributed by atoms with Crippen molar-refractivity contribution in [3.05, 3.63) is 58.9 Å². The molecule has 0 radical (unpaired) electrons. The van der Waals surface area contributed by atoms with Crippen LogP contribution in [-0.4, -0.2) is 21.6 Å². The maximum atomic E-state index is 12.3. The van der Waals surface area contributed by atoms with Crippen LogP contribution in [0.4, 0.5) is 5.69 Å². The van der Waals surface area contributed by atoms with Crippen molar-refractivity contribution in [2.24, 2.45) is 4.99 Å². The lowest BCUT2D eigenvalue weighted by Crippen LogP contribution is -2.31. The highest BCUT2D eigenvalue weighted by atomic mass is 16.2. The van der Waals surface area contributed by atoms with Crippen molar-refractivity contribution in [2.75, 3.05) is 0 Å². The number of pyridine rings is 1. The Hall–Kier alpha value is -2.49. The van der Waals surface area contributed by atoms with E-state index in [0.29, 0.717) is 12.2 Å². The van der Waals surface area contributed by atoms with Gasteiger partial charge in [-0.3, -0.25) is 14.7 Å². The van der Waals surface area contributed by atoms with Gasteiger partial charge in [-0.15, -0.1) is 0 Å². The van der Waals surface area contributed by atoms with E-state index >= 15 is 0 Å². The standard InChI is InChI=1S/C15H11N3O/c1-9-6-11-13(16-7-9)15(19)18-8-10-4-2-3-5-12(10)17-14(11)18/h2-7H,8H2,1H3. The smallest absolute Gasteiger partial charge is 0.279 e. The predicted octanol–water partition coefficient (Wildman–Crippen LogP) is 2.44. The third-order valence-corrected chi connectivity index (χ3v) is 3.52. The van der Waals surface area contributed by atoms with Crippen LogP contribution in [0, 0.1) is 6.92 Å². The van der Waals surface area contributed by atoms with E-state index in [1.807, 2.05) is 37.3 Å². The first kappa shape index (κ1) is 10.4. The quantitative estimate of drug-likeness (QED) is 0.719. The van der Waals surface area contributed by atoms with Crippen LogP contribution in [-0.2, 0) is 6.54 Å². The summed E-state index contributed by atoms with van der Waals surface area (Å²) in [6.07, 6.45) is 1.73. The van der Waals surface area contributed by atoms with Gasteiger partial charge in [0, 0.05) is 11.8 Å². The fraction of sp³-hybridized carbons (Fsp3) is 0.133. The maximum Gasteiger partial charge on any atom is 0.279 e. The zero-order chi connectivity index (χ0) is 13.0. The van der Waals surface area contributed by atoms with Crippen LogP contribution in [0.15, 0.2) is 41.5 Å². The molecule has 19 heavy (non-hydrogen) atoms. The second kappa shape index (κ2) is 3.51. The molecule has 0 N–H and O–H groups in total. The third-order valence-electron chi connectivity index (χ3n) is 3.52. The van der Waals surface area contributed by atoms with Gasteiger partial charge >= 0.3 is 0 Å². The summed E-state index contributed by atoms with van der Waals surface area (Å²) in [5.74, 6) is 0.679. The number of amides is 1. The fourth-order valence-corrected chi connectivity index (χ4v) is 2.58. The van der Waals surface area contributed by atoms with Crippen LogP contribution in [0.3, 0.4) is 0 Å². The Morgan fingerprint density at radius 1 is 1.26 bits per heavy atom. The Morgan fingerprint density at radius 2 is 2.11 bits per heavy atom. The molecule has 0 atom stereocenters.